The molecule has 1 aliphatic carbocycles. The molecule has 0 saturated carbocycles. The van der Waals surface area contributed by atoms with Crippen LogP contribution in [0, 0.1) is 0 Å². The Morgan fingerprint density at radius 3 is 2.57 bits per heavy atom. The van der Waals surface area contributed by atoms with Gasteiger partial charge in [0.15, 0.2) is 5.78 Å². The topological polar surface area (TPSA) is 73.2 Å². The van der Waals surface area contributed by atoms with Crippen LogP contribution in [0.2, 0.25) is 5.02 Å². The van der Waals surface area contributed by atoms with E-state index in [0.29, 0.717) is 32.8 Å². The average molecular weight is 350 g/mol. The molecule has 118 valence electrons. The predicted octanol–water partition coefficient (Wildman–Crippen LogP) is 0.734. The van der Waals surface area contributed by atoms with Gasteiger partial charge in [0.2, 0.25) is 0 Å². The van der Waals surface area contributed by atoms with Crippen molar-refractivity contribution in [1.29, 1.82) is 0 Å². The molecule has 0 amide bonds. The minimum atomic E-state index is -0.140. The molecule has 1 aromatic carbocycles. The quantitative estimate of drug-likeness (QED) is 0.761. The maximum Gasteiger partial charge on any atom is 0.373 e. The lowest BCUT2D eigenvalue weighted by Gasteiger charge is -1.99. The summed E-state index contributed by atoms with van der Waals surface area (Å²) in [6.07, 6.45) is 0.581. The van der Waals surface area contributed by atoms with E-state index in [0.717, 1.165) is 11.1 Å². The van der Waals surface area contributed by atoms with Crippen molar-refractivity contribution in [1.82, 2.24) is 4.57 Å². The second-order valence-electron chi connectivity index (χ2n) is 4.73. The monoisotopic (exact) mass is 349 g/mol. The van der Waals surface area contributed by atoms with Crippen LogP contribution in [0.4, 0.5) is 0 Å². The molecule has 0 fully saturated rings. The van der Waals surface area contributed by atoms with Gasteiger partial charge in [-0.25, -0.2) is 0 Å². The van der Waals surface area contributed by atoms with E-state index in [1.54, 1.807) is 16.7 Å². The van der Waals surface area contributed by atoms with E-state index in [9.17, 15) is 9.59 Å². The van der Waals surface area contributed by atoms with Crippen LogP contribution in [0.3, 0.4) is 0 Å². The second kappa shape index (κ2) is 6.87. The van der Waals surface area contributed by atoms with E-state index in [1.165, 1.54) is 11.3 Å². The summed E-state index contributed by atoms with van der Waals surface area (Å²) in [6, 6.07) is 5.37. The molecule has 0 unspecified atom stereocenters. The highest BCUT2D eigenvalue weighted by Gasteiger charge is 2.27. The maximum absolute atomic E-state index is 12.4. The first kappa shape index (κ1) is 17.1. The predicted molar refractivity (Wildman–Crippen MR) is 86.7 cm³/mol. The minimum Gasteiger partial charge on any atom is -0.300 e. The van der Waals surface area contributed by atoms with Gasteiger partial charge in [-0.1, -0.05) is 24.2 Å². The van der Waals surface area contributed by atoms with Crippen molar-refractivity contribution in [3.63, 3.8) is 0 Å². The minimum absolute atomic E-state index is 0.0242. The number of carbonyl (C=O) groups excluding carboxylic acids is 3. The Hall–Kier alpha value is -2.27. The number of rotatable bonds is 1. The first-order chi connectivity index (χ1) is 10.9. The van der Waals surface area contributed by atoms with Crippen LogP contribution in [-0.4, -0.2) is 16.5 Å². The van der Waals surface area contributed by atoms with Crippen molar-refractivity contribution >= 4 is 47.0 Å². The number of halogens is 1. The van der Waals surface area contributed by atoms with Crippen molar-refractivity contribution in [3.05, 3.63) is 53.9 Å². The molecular weight excluding hydrogens is 338 g/mol. The molecule has 0 radical (unpaired) electrons. The smallest absolute Gasteiger partial charge is 0.300 e. The standard InChI is InChI=1S/C15H12ClNO2S.CO2/c1-3-17-8(2)20-14(15(17)19)13-11-7-10(16)5-4-9(11)6-12(13)18;2-1-3/h4-5,7H,2-3,6H2,1H3;/b14-13-;. The van der Waals surface area contributed by atoms with Crippen LogP contribution in [0.1, 0.15) is 18.1 Å². The summed E-state index contributed by atoms with van der Waals surface area (Å²) in [6.45, 7) is 6.31. The summed E-state index contributed by atoms with van der Waals surface area (Å²) in [7, 11) is 0. The zero-order valence-corrected chi connectivity index (χ0v) is 13.8. The van der Waals surface area contributed by atoms with Crippen molar-refractivity contribution in [2.75, 3.05) is 0 Å². The molecule has 2 aromatic rings. The molecule has 0 saturated heterocycles. The summed E-state index contributed by atoms with van der Waals surface area (Å²) in [5.41, 5.74) is 2.06. The molecular formula is C16H12ClNO4S. The molecule has 5 nitrogen and oxygen atoms in total. The molecule has 0 spiro atoms. The zero-order valence-electron chi connectivity index (χ0n) is 12.2. The van der Waals surface area contributed by atoms with E-state index in [1.807, 2.05) is 13.0 Å². The number of hydrogen-bond acceptors (Lipinski definition) is 5. The van der Waals surface area contributed by atoms with Crippen molar-refractivity contribution in [2.24, 2.45) is 0 Å². The van der Waals surface area contributed by atoms with Gasteiger partial charge in [0.25, 0.3) is 5.56 Å². The fraction of sp³-hybridized carbons (Fsp3) is 0.188. The number of Topliss-reactive ketones (excluding diaryl/α,β-unsaturated/α-hetero) is 1. The Labute approximate surface area is 140 Å². The SMILES string of the molecule is C=c1s/c(=C2\C(=O)Cc3ccc(Cl)cc32)c(=O)n1CC.O=C=O. The largest absolute Gasteiger partial charge is 0.373 e. The molecule has 0 N–H and O–H groups in total. The molecule has 0 aliphatic heterocycles. The highest BCUT2D eigenvalue weighted by atomic mass is 35.5. The lowest BCUT2D eigenvalue weighted by atomic mass is 10.1. The van der Waals surface area contributed by atoms with Crippen LogP contribution in [0.5, 0.6) is 0 Å². The van der Waals surface area contributed by atoms with Gasteiger partial charge < -0.3 is 0 Å². The third-order valence-electron chi connectivity index (χ3n) is 3.47. The summed E-state index contributed by atoms with van der Waals surface area (Å²) in [5.74, 6) is -0.0242. The Balaban J connectivity index is 0.000000595. The third kappa shape index (κ3) is 3.10. The van der Waals surface area contributed by atoms with Gasteiger partial charge in [0.05, 0.1) is 4.66 Å². The first-order valence-electron chi connectivity index (χ1n) is 6.68. The number of fused-ring (bicyclic) bond motifs is 1. The fourth-order valence-electron chi connectivity index (χ4n) is 2.53. The normalized spacial score (nSPS) is 14.8. The van der Waals surface area contributed by atoms with Gasteiger partial charge in [-0.2, -0.15) is 9.59 Å². The second-order valence-corrected chi connectivity index (χ2v) is 6.25. The molecule has 0 atom stereocenters. The van der Waals surface area contributed by atoms with Gasteiger partial charge in [0.1, 0.15) is 4.53 Å². The Morgan fingerprint density at radius 1 is 1.35 bits per heavy atom. The summed E-state index contributed by atoms with van der Waals surface area (Å²) < 4.78 is 2.73. The third-order valence-corrected chi connectivity index (χ3v) is 4.75. The molecule has 23 heavy (non-hydrogen) atoms. The zero-order chi connectivity index (χ0) is 17.1. The molecule has 0 bridgehead atoms. The van der Waals surface area contributed by atoms with Crippen molar-refractivity contribution in [2.45, 2.75) is 19.9 Å². The molecule has 1 aliphatic rings. The van der Waals surface area contributed by atoms with E-state index in [2.05, 4.69) is 6.58 Å². The van der Waals surface area contributed by atoms with E-state index in [-0.39, 0.29) is 17.5 Å². The Morgan fingerprint density at radius 2 is 2.00 bits per heavy atom. The maximum atomic E-state index is 12.4. The summed E-state index contributed by atoms with van der Waals surface area (Å²) in [4.78, 5) is 40.9. The van der Waals surface area contributed by atoms with E-state index >= 15 is 0 Å². The molecule has 1 aromatic heterocycles. The van der Waals surface area contributed by atoms with Gasteiger partial charge >= 0.3 is 6.15 Å². The summed E-state index contributed by atoms with van der Waals surface area (Å²) in [5, 5.41) is 0.568. The van der Waals surface area contributed by atoms with Crippen LogP contribution in [-0.2, 0) is 27.3 Å². The lowest BCUT2D eigenvalue weighted by Crippen LogP contribution is -2.32. The number of aromatic nitrogens is 1. The summed E-state index contributed by atoms with van der Waals surface area (Å²) >= 11 is 7.28. The number of thiazole rings is 1. The number of carbonyl (C=O) groups is 1. The van der Waals surface area contributed by atoms with Gasteiger partial charge in [0, 0.05) is 23.6 Å². The van der Waals surface area contributed by atoms with Gasteiger partial charge in [-0.15, -0.1) is 11.3 Å². The Kier molecular flexibility index (Phi) is 5.11. The first-order valence-corrected chi connectivity index (χ1v) is 7.88. The average Bonchev–Trinajstić information content (AvgIpc) is 2.95. The van der Waals surface area contributed by atoms with Gasteiger partial charge in [-0.05, 0) is 30.2 Å². The lowest BCUT2D eigenvalue weighted by molar-refractivity contribution is -0.191. The van der Waals surface area contributed by atoms with Crippen molar-refractivity contribution < 1.29 is 14.4 Å². The molecule has 3 rings (SSSR count). The fourth-order valence-corrected chi connectivity index (χ4v) is 3.78. The van der Waals surface area contributed by atoms with Crippen LogP contribution in [0.15, 0.2) is 23.0 Å². The highest BCUT2D eigenvalue weighted by molar-refractivity contribution is 7.07. The van der Waals surface area contributed by atoms with Crippen LogP contribution >= 0.6 is 22.9 Å². The number of benzene rings is 1. The molecule has 7 heteroatoms. The van der Waals surface area contributed by atoms with Crippen LogP contribution in [0.25, 0.3) is 12.2 Å². The Bertz CT molecular complexity index is 980. The number of nitrogens with zero attached hydrogens (tertiary/aromatic N) is 1. The number of hydrogen-bond donors (Lipinski definition) is 0. The van der Waals surface area contributed by atoms with E-state index in [4.69, 9.17) is 21.2 Å². The van der Waals surface area contributed by atoms with Crippen LogP contribution < -0.4 is 14.8 Å². The van der Waals surface area contributed by atoms with Crippen molar-refractivity contribution in [3.8, 4) is 0 Å². The van der Waals surface area contributed by atoms with E-state index < -0.39 is 0 Å². The number of ketones is 1. The highest BCUT2D eigenvalue weighted by Crippen LogP contribution is 2.29. The molecule has 1 heterocycles. The van der Waals surface area contributed by atoms with Gasteiger partial charge in [-0.3, -0.25) is 14.2 Å².